The van der Waals surface area contributed by atoms with E-state index in [2.05, 4.69) is 10.3 Å². The summed E-state index contributed by atoms with van der Waals surface area (Å²) in [6.07, 6.45) is 1.46. The first-order valence-corrected chi connectivity index (χ1v) is 5.54. The lowest BCUT2D eigenvalue weighted by atomic mass is 10.2. The highest BCUT2D eigenvalue weighted by molar-refractivity contribution is 7.16. The zero-order valence-electron chi connectivity index (χ0n) is 8.58. The van der Waals surface area contributed by atoms with E-state index >= 15 is 0 Å². The molecular weight excluding hydrogens is 244 g/mol. The first-order valence-electron chi connectivity index (χ1n) is 4.73. The average Bonchev–Trinajstić information content (AvgIpc) is 2.79. The number of hydrogen-bond donors (Lipinski definition) is 1. The molecule has 0 amide bonds. The molecule has 2 aromatic rings. The molecule has 17 heavy (non-hydrogen) atoms. The van der Waals surface area contributed by atoms with Crippen LogP contribution in [-0.2, 0) is 6.54 Å². The van der Waals surface area contributed by atoms with E-state index in [1.807, 2.05) is 6.07 Å². The van der Waals surface area contributed by atoms with Crippen LogP contribution in [0.25, 0.3) is 0 Å². The van der Waals surface area contributed by atoms with Crippen molar-refractivity contribution >= 4 is 16.5 Å². The summed E-state index contributed by atoms with van der Waals surface area (Å²) in [5, 5.41) is 12.1. The van der Waals surface area contributed by atoms with Crippen molar-refractivity contribution in [1.82, 2.24) is 4.98 Å². The van der Waals surface area contributed by atoms with Gasteiger partial charge in [0.25, 0.3) is 0 Å². The Bertz CT molecular complexity index is 574. The molecule has 0 unspecified atom stereocenters. The average molecular weight is 251 g/mol. The summed E-state index contributed by atoms with van der Waals surface area (Å²) in [4.78, 5) is 4.46. The molecule has 2 rings (SSSR count). The van der Waals surface area contributed by atoms with E-state index in [1.165, 1.54) is 23.6 Å². The van der Waals surface area contributed by atoms with Crippen LogP contribution in [-0.4, -0.2) is 4.98 Å². The summed E-state index contributed by atoms with van der Waals surface area (Å²) in [7, 11) is 0. The predicted octanol–water partition coefficient (Wildman–Crippen LogP) is 2.91. The molecular formula is C11H7F2N3S. The Balaban J connectivity index is 2.02. The zero-order valence-corrected chi connectivity index (χ0v) is 9.39. The van der Waals surface area contributed by atoms with Crippen molar-refractivity contribution in [3.8, 4) is 6.07 Å². The maximum absolute atomic E-state index is 12.9. The number of aromatic nitrogens is 1. The predicted molar refractivity (Wildman–Crippen MR) is 60.5 cm³/mol. The van der Waals surface area contributed by atoms with Crippen LogP contribution < -0.4 is 5.32 Å². The van der Waals surface area contributed by atoms with Gasteiger partial charge in [0.2, 0.25) is 0 Å². The summed E-state index contributed by atoms with van der Waals surface area (Å²) < 4.78 is 25.6. The van der Waals surface area contributed by atoms with Crippen LogP contribution in [0.2, 0.25) is 0 Å². The molecule has 3 nitrogen and oxygen atoms in total. The van der Waals surface area contributed by atoms with Gasteiger partial charge in [-0.3, -0.25) is 0 Å². The Morgan fingerprint density at radius 2 is 2.18 bits per heavy atom. The smallest absolute Gasteiger partial charge is 0.184 e. The Morgan fingerprint density at radius 3 is 2.82 bits per heavy atom. The van der Waals surface area contributed by atoms with Crippen LogP contribution in [0.5, 0.6) is 0 Å². The van der Waals surface area contributed by atoms with Gasteiger partial charge in [0, 0.05) is 6.54 Å². The number of rotatable bonds is 3. The summed E-state index contributed by atoms with van der Waals surface area (Å²) in [5.41, 5.74) is 0.609. The third-order valence-electron chi connectivity index (χ3n) is 2.04. The van der Waals surface area contributed by atoms with Crippen molar-refractivity contribution in [2.24, 2.45) is 0 Å². The molecule has 0 aliphatic rings. The highest BCUT2D eigenvalue weighted by atomic mass is 32.1. The second-order valence-corrected chi connectivity index (χ2v) is 4.27. The standard InChI is InChI=1S/C11H7F2N3S/c12-9-2-1-7(3-10(9)13)5-15-11-16-6-8(4-14)17-11/h1-3,6H,5H2,(H,15,16). The Hall–Kier alpha value is -2.00. The number of thiazole rings is 1. The maximum atomic E-state index is 12.9. The minimum Gasteiger partial charge on any atom is -0.357 e. The lowest BCUT2D eigenvalue weighted by Gasteiger charge is -2.03. The quantitative estimate of drug-likeness (QED) is 0.912. The number of anilines is 1. The van der Waals surface area contributed by atoms with E-state index in [4.69, 9.17) is 5.26 Å². The van der Waals surface area contributed by atoms with Crippen molar-refractivity contribution in [3.05, 3.63) is 46.5 Å². The van der Waals surface area contributed by atoms with E-state index < -0.39 is 11.6 Å². The summed E-state index contributed by atoms with van der Waals surface area (Å²) in [6, 6.07) is 5.66. The first kappa shape index (κ1) is 11.5. The Kier molecular flexibility index (Phi) is 3.30. The lowest BCUT2D eigenvalue weighted by Crippen LogP contribution is -1.99. The van der Waals surface area contributed by atoms with Crippen LogP contribution in [0, 0.1) is 23.0 Å². The van der Waals surface area contributed by atoms with Crippen LogP contribution in [0.15, 0.2) is 24.4 Å². The fraction of sp³-hybridized carbons (Fsp3) is 0.0909. The number of halogens is 2. The lowest BCUT2D eigenvalue weighted by molar-refractivity contribution is 0.507. The highest BCUT2D eigenvalue weighted by Gasteiger charge is 2.04. The maximum Gasteiger partial charge on any atom is 0.184 e. The molecule has 0 atom stereocenters. The number of nitriles is 1. The van der Waals surface area contributed by atoms with Gasteiger partial charge in [0.05, 0.1) is 6.20 Å². The molecule has 1 N–H and O–H groups in total. The molecule has 0 radical (unpaired) electrons. The third kappa shape index (κ3) is 2.77. The molecule has 86 valence electrons. The molecule has 0 bridgehead atoms. The van der Waals surface area contributed by atoms with Gasteiger partial charge >= 0.3 is 0 Å². The van der Waals surface area contributed by atoms with Crippen molar-refractivity contribution in [2.75, 3.05) is 5.32 Å². The van der Waals surface area contributed by atoms with Gasteiger partial charge in [-0.2, -0.15) is 5.26 Å². The van der Waals surface area contributed by atoms with Crippen LogP contribution in [0.4, 0.5) is 13.9 Å². The number of nitrogens with one attached hydrogen (secondary N) is 1. The Morgan fingerprint density at radius 1 is 1.35 bits per heavy atom. The minimum atomic E-state index is -0.874. The molecule has 1 aromatic carbocycles. The van der Waals surface area contributed by atoms with Crippen molar-refractivity contribution in [2.45, 2.75) is 6.54 Å². The third-order valence-corrected chi connectivity index (χ3v) is 2.90. The van der Waals surface area contributed by atoms with Gasteiger partial charge < -0.3 is 5.32 Å². The van der Waals surface area contributed by atoms with Crippen molar-refractivity contribution in [1.29, 1.82) is 5.26 Å². The molecule has 1 heterocycles. The summed E-state index contributed by atoms with van der Waals surface area (Å²) >= 11 is 1.21. The SMILES string of the molecule is N#Cc1cnc(NCc2ccc(F)c(F)c2)s1. The van der Waals surface area contributed by atoms with Crippen molar-refractivity contribution < 1.29 is 8.78 Å². The second kappa shape index (κ2) is 4.89. The van der Waals surface area contributed by atoms with E-state index in [0.717, 1.165) is 12.1 Å². The van der Waals surface area contributed by atoms with Gasteiger partial charge in [0.1, 0.15) is 10.9 Å². The van der Waals surface area contributed by atoms with Crippen LogP contribution >= 0.6 is 11.3 Å². The second-order valence-electron chi connectivity index (χ2n) is 3.24. The minimum absolute atomic E-state index is 0.329. The number of nitrogens with zero attached hydrogens (tertiary/aromatic N) is 2. The zero-order chi connectivity index (χ0) is 12.3. The van der Waals surface area contributed by atoms with Crippen LogP contribution in [0.3, 0.4) is 0 Å². The van der Waals surface area contributed by atoms with Gasteiger partial charge in [-0.1, -0.05) is 17.4 Å². The molecule has 0 aliphatic carbocycles. The van der Waals surface area contributed by atoms with Crippen molar-refractivity contribution in [3.63, 3.8) is 0 Å². The summed E-state index contributed by atoms with van der Waals surface area (Å²) in [6.45, 7) is 0.329. The largest absolute Gasteiger partial charge is 0.357 e. The number of hydrogen-bond acceptors (Lipinski definition) is 4. The first-order chi connectivity index (χ1) is 8.19. The van der Waals surface area contributed by atoms with Gasteiger partial charge in [-0.15, -0.1) is 0 Å². The summed E-state index contributed by atoms with van der Waals surface area (Å²) in [5.74, 6) is -1.74. The molecule has 0 fully saturated rings. The normalized spacial score (nSPS) is 9.94. The molecule has 1 aromatic heterocycles. The van der Waals surface area contributed by atoms with Gasteiger partial charge in [-0.05, 0) is 17.7 Å². The molecule has 0 spiro atoms. The fourth-order valence-corrected chi connectivity index (χ4v) is 1.84. The monoisotopic (exact) mass is 251 g/mol. The Labute approximate surface area is 100 Å². The topological polar surface area (TPSA) is 48.7 Å². The molecule has 0 saturated carbocycles. The molecule has 0 aliphatic heterocycles. The number of benzene rings is 1. The molecule has 0 saturated heterocycles. The van der Waals surface area contributed by atoms with Gasteiger partial charge in [-0.25, -0.2) is 13.8 Å². The highest BCUT2D eigenvalue weighted by Crippen LogP contribution is 2.18. The van der Waals surface area contributed by atoms with Crippen LogP contribution in [0.1, 0.15) is 10.4 Å². The fourth-order valence-electron chi connectivity index (χ4n) is 1.23. The van der Waals surface area contributed by atoms with Gasteiger partial charge in [0.15, 0.2) is 16.8 Å². The van der Waals surface area contributed by atoms with E-state index in [-0.39, 0.29) is 0 Å². The van der Waals surface area contributed by atoms with E-state index in [0.29, 0.717) is 22.1 Å². The molecule has 6 heteroatoms. The van der Waals surface area contributed by atoms with E-state index in [9.17, 15) is 8.78 Å². The van der Waals surface area contributed by atoms with E-state index in [1.54, 1.807) is 0 Å².